The maximum Gasteiger partial charge on any atom is 0.148 e. The van der Waals surface area contributed by atoms with Crippen LogP contribution in [0.4, 0.5) is 0 Å². The second kappa shape index (κ2) is 7.04. The van der Waals surface area contributed by atoms with E-state index in [4.69, 9.17) is 17.2 Å². The highest BCUT2D eigenvalue weighted by molar-refractivity contribution is 8.43. The third-order valence-electron chi connectivity index (χ3n) is 0.494. The number of rotatable bonds is 3. The molecule has 0 heterocycles. The highest BCUT2D eigenvalue weighted by Gasteiger charge is 2.12. The highest BCUT2D eigenvalue weighted by Crippen LogP contribution is 2.31. The van der Waals surface area contributed by atoms with Gasteiger partial charge in [-0.1, -0.05) is 36.7 Å². The maximum absolute atomic E-state index is 5.30. The molecule has 0 bridgehead atoms. The van der Waals surface area contributed by atoms with Gasteiger partial charge in [0.25, 0.3) is 0 Å². The first kappa shape index (κ1) is 13.7. The van der Waals surface area contributed by atoms with Crippen molar-refractivity contribution in [2.75, 3.05) is 0 Å². The lowest BCUT2D eigenvalue weighted by molar-refractivity contribution is 1.33. The fraction of sp³-hybridized carbons (Fsp3) is 0. The van der Waals surface area contributed by atoms with Crippen molar-refractivity contribution in [1.29, 1.82) is 0 Å². The van der Waals surface area contributed by atoms with Crippen LogP contribution in [-0.2, 0) is 0 Å². The van der Waals surface area contributed by atoms with Crippen molar-refractivity contribution in [3.05, 3.63) is 0 Å². The van der Waals surface area contributed by atoms with E-state index >= 15 is 0 Å². The van der Waals surface area contributed by atoms with Crippen molar-refractivity contribution in [2.45, 2.75) is 0 Å². The topological polar surface area (TPSA) is 81.3 Å². The second-order valence-electron chi connectivity index (χ2n) is 1.45. The van der Waals surface area contributed by atoms with E-state index in [1.807, 2.05) is 0 Å². The molecular formula is C3H6N4S6. The molecule has 0 aliphatic rings. The Morgan fingerprint density at radius 1 is 0.769 bits per heavy atom. The highest BCUT2D eigenvalue weighted by atomic mass is 32.3. The van der Waals surface area contributed by atoms with Gasteiger partial charge < -0.3 is 17.2 Å². The van der Waals surface area contributed by atoms with Gasteiger partial charge in [-0.05, 0) is 0 Å². The largest absolute Gasteiger partial charge is 0.384 e. The summed E-state index contributed by atoms with van der Waals surface area (Å²) in [7, 11) is 0. The number of thiocarbonyl (C=S) groups is 3. The van der Waals surface area contributed by atoms with Gasteiger partial charge in [0.15, 0.2) is 0 Å². The van der Waals surface area contributed by atoms with Gasteiger partial charge in [-0.2, -0.15) is 0 Å². The molecule has 0 saturated heterocycles. The van der Waals surface area contributed by atoms with Crippen LogP contribution >= 0.6 is 72.5 Å². The first-order valence-electron chi connectivity index (χ1n) is 2.64. The zero-order chi connectivity index (χ0) is 10.4. The van der Waals surface area contributed by atoms with Gasteiger partial charge in [0.2, 0.25) is 0 Å². The Labute approximate surface area is 105 Å². The predicted molar refractivity (Wildman–Crippen MR) is 75.0 cm³/mol. The van der Waals surface area contributed by atoms with Crippen LogP contribution in [-0.4, -0.2) is 16.1 Å². The van der Waals surface area contributed by atoms with Crippen LogP contribution in [0.3, 0.4) is 0 Å². The molecule has 13 heavy (non-hydrogen) atoms. The van der Waals surface area contributed by atoms with Crippen LogP contribution in [0.15, 0.2) is 0 Å². The van der Waals surface area contributed by atoms with Crippen molar-refractivity contribution >= 4 is 85.5 Å². The molecule has 0 spiro atoms. The van der Waals surface area contributed by atoms with E-state index in [2.05, 4.69) is 36.7 Å². The van der Waals surface area contributed by atoms with Crippen LogP contribution < -0.4 is 17.2 Å². The van der Waals surface area contributed by atoms with E-state index in [1.54, 1.807) is 3.12 Å². The average Bonchev–Trinajstić information content (AvgIpc) is 1.80. The van der Waals surface area contributed by atoms with E-state index in [-0.39, 0.29) is 13.0 Å². The standard InChI is InChI=1S/C3H6N4S6/c4-1(8)11-7(12-2(5)9)13-3(6)10/h(H2,4,8)(H2,5,9)(H2,6,10). The fourth-order valence-electron chi connectivity index (χ4n) is 0.276. The molecular weight excluding hydrogens is 284 g/mol. The third kappa shape index (κ3) is 9.00. The molecule has 0 radical (unpaired) electrons. The summed E-state index contributed by atoms with van der Waals surface area (Å²) in [6.45, 7) is 0. The maximum atomic E-state index is 5.30. The van der Waals surface area contributed by atoms with Crippen molar-refractivity contribution in [3.63, 3.8) is 0 Å². The lowest BCUT2D eigenvalue weighted by Crippen LogP contribution is -2.17. The molecule has 0 aromatic carbocycles. The quantitative estimate of drug-likeness (QED) is 0.516. The van der Waals surface area contributed by atoms with Crippen molar-refractivity contribution in [2.24, 2.45) is 17.2 Å². The minimum Gasteiger partial charge on any atom is -0.384 e. The third-order valence-corrected chi connectivity index (χ3v) is 3.49. The van der Waals surface area contributed by atoms with Gasteiger partial charge in [-0.15, -0.1) is 3.12 Å². The van der Waals surface area contributed by atoms with Crippen LogP contribution in [0, 0.1) is 0 Å². The minimum absolute atomic E-state index is 0.243. The average molecular weight is 291 g/mol. The molecule has 0 saturated carbocycles. The van der Waals surface area contributed by atoms with E-state index in [0.29, 0.717) is 0 Å². The SMILES string of the molecule is NC(=S)SN(SC(N)=S)SC(N)=S. The predicted octanol–water partition coefficient (Wildman–Crippen LogP) is 0.964. The van der Waals surface area contributed by atoms with Crippen LogP contribution in [0.5, 0.6) is 0 Å². The first-order valence-corrected chi connectivity index (χ1v) is 6.18. The van der Waals surface area contributed by atoms with E-state index in [0.717, 1.165) is 35.8 Å². The Hall–Kier alpha value is 0.680. The number of hydrogen-bond donors (Lipinski definition) is 3. The Balaban J connectivity index is 4.10. The van der Waals surface area contributed by atoms with Crippen LogP contribution in [0.25, 0.3) is 0 Å². The van der Waals surface area contributed by atoms with Crippen LogP contribution in [0.1, 0.15) is 0 Å². The molecule has 0 unspecified atom stereocenters. The lowest BCUT2D eigenvalue weighted by Gasteiger charge is -2.14. The monoisotopic (exact) mass is 290 g/mol. The molecule has 74 valence electrons. The van der Waals surface area contributed by atoms with Gasteiger partial charge in [-0.25, -0.2) is 0 Å². The normalized spacial score (nSPS) is 9.92. The summed E-state index contributed by atoms with van der Waals surface area (Å²) in [5, 5.41) is 0. The summed E-state index contributed by atoms with van der Waals surface area (Å²) < 4.78 is 2.28. The summed E-state index contributed by atoms with van der Waals surface area (Å²) >= 11 is 17.3. The van der Waals surface area contributed by atoms with Crippen LogP contribution in [0.2, 0.25) is 0 Å². The molecule has 0 amide bonds. The van der Waals surface area contributed by atoms with Gasteiger partial charge in [-0.3, -0.25) is 0 Å². The molecule has 0 fully saturated rings. The van der Waals surface area contributed by atoms with E-state index in [9.17, 15) is 0 Å². The second-order valence-corrected chi connectivity index (χ2v) is 7.21. The first-order chi connectivity index (χ1) is 5.91. The zero-order valence-electron chi connectivity index (χ0n) is 6.13. The molecule has 0 rings (SSSR count). The van der Waals surface area contributed by atoms with Gasteiger partial charge in [0.1, 0.15) is 13.0 Å². The smallest absolute Gasteiger partial charge is 0.148 e. The number of hydrogen-bond acceptors (Lipinski definition) is 7. The number of nitrogens with two attached hydrogens (primary N) is 3. The Morgan fingerprint density at radius 3 is 1.15 bits per heavy atom. The summed E-state index contributed by atoms with van der Waals surface area (Å²) in [6.07, 6.45) is 0. The van der Waals surface area contributed by atoms with Gasteiger partial charge in [0.05, 0.1) is 0 Å². The molecule has 0 atom stereocenters. The van der Waals surface area contributed by atoms with Gasteiger partial charge in [0, 0.05) is 35.8 Å². The van der Waals surface area contributed by atoms with E-state index in [1.165, 1.54) is 0 Å². The molecule has 0 aromatic heterocycles. The van der Waals surface area contributed by atoms with Crippen molar-refractivity contribution in [1.82, 2.24) is 3.12 Å². The molecule has 0 aromatic rings. The molecule has 6 N–H and O–H groups in total. The summed E-state index contributed by atoms with van der Waals surface area (Å²) in [5.74, 6) is 0. The Morgan fingerprint density at radius 2 is 1.00 bits per heavy atom. The zero-order valence-corrected chi connectivity index (χ0v) is 11.0. The molecule has 10 heteroatoms. The van der Waals surface area contributed by atoms with Gasteiger partial charge >= 0.3 is 0 Å². The van der Waals surface area contributed by atoms with E-state index < -0.39 is 0 Å². The molecule has 4 nitrogen and oxygen atoms in total. The minimum atomic E-state index is 0.243. The van der Waals surface area contributed by atoms with Crippen molar-refractivity contribution in [3.8, 4) is 0 Å². The number of nitrogens with zero attached hydrogens (tertiary/aromatic N) is 1. The summed E-state index contributed by atoms with van der Waals surface area (Å²) in [5.41, 5.74) is 15.9. The summed E-state index contributed by atoms with van der Waals surface area (Å²) in [4.78, 5) is 0. The Kier molecular flexibility index (Phi) is 7.40. The molecule has 0 aliphatic heterocycles. The Bertz CT molecular complexity index is 190. The lowest BCUT2D eigenvalue weighted by atomic mass is 11.5. The fourth-order valence-corrected chi connectivity index (χ4v) is 4.13. The molecule has 0 aliphatic carbocycles. The van der Waals surface area contributed by atoms with Crippen molar-refractivity contribution < 1.29 is 0 Å². The summed E-state index contributed by atoms with van der Waals surface area (Å²) in [6, 6.07) is 0.